The first kappa shape index (κ1) is 27.6. The van der Waals surface area contributed by atoms with Gasteiger partial charge in [0, 0.05) is 28.4 Å². The van der Waals surface area contributed by atoms with E-state index in [1.807, 2.05) is 0 Å². The van der Waals surface area contributed by atoms with E-state index in [1.54, 1.807) is 6.92 Å². The molecule has 0 saturated carbocycles. The van der Waals surface area contributed by atoms with E-state index in [2.05, 4.69) is 5.16 Å². The molecule has 36 heavy (non-hydrogen) atoms. The van der Waals surface area contributed by atoms with E-state index in [1.165, 1.54) is 48.2 Å². The lowest BCUT2D eigenvalue weighted by Gasteiger charge is -2.19. The first-order valence-corrected chi connectivity index (χ1v) is 11.6. The second-order valence-electron chi connectivity index (χ2n) is 7.70. The number of benzene rings is 2. The van der Waals surface area contributed by atoms with Crippen molar-refractivity contribution in [3.8, 4) is 11.3 Å². The number of thioether (sulfide) groups is 1. The number of hydrogen-bond acceptors (Lipinski definition) is 5. The molecule has 0 spiro atoms. The zero-order valence-corrected chi connectivity index (χ0v) is 19.6. The topological polar surface area (TPSA) is 72.6 Å². The number of ether oxygens (including phenoxy) is 1. The number of hydrogen-bond donors (Lipinski definition) is 1. The molecule has 3 rings (SSSR count). The molecule has 1 heterocycles. The van der Waals surface area contributed by atoms with Gasteiger partial charge in [-0.05, 0) is 36.8 Å². The number of aliphatic carboxylic acids is 1. The van der Waals surface area contributed by atoms with Crippen LogP contribution in [0.2, 0.25) is 0 Å². The van der Waals surface area contributed by atoms with E-state index < -0.39 is 36.2 Å². The molecule has 1 unspecified atom stereocenters. The fourth-order valence-electron chi connectivity index (χ4n) is 3.39. The van der Waals surface area contributed by atoms with Crippen molar-refractivity contribution in [3.63, 3.8) is 0 Å². The van der Waals surface area contributed by atoms with Crippen LogP contribution in [0.5, 0.6) is 0 Å². The van der Waals surface area contributed by atoms with Gasteiger partial charge in [0.15, 0.2) is 5.76 Å². The van der Waals surface area contributed by atoms with Crippen LogP contribution in [0, 0.1) is 0 Å². The highest BCUT2D eigenvalue weighted by Gasteiger charge is 2.42. The molecule has 194 valence electrons. The second-order valence-corrected chi connectivity index (χ2v) is 8.75. The maximum absolute atomic E-state index is 13.3. The van der Waals surface area contributed by atoms with Gasteiger partial charge in [-0.25, -0.2) is 0 Å². The van der Waals surface area contributed by atoms with Crippen molar-refractivity contribution in [2.24, 2.45) is 0 Å². The van der Waals surface area contributed by atoms with Gasteiger partial charge in [0.1, 0.15) is 0 Å². The average molecular weight is 533 g/mol. The summed E-state index contributed by atoms with van der Waals surface area (Å²) in [6, 6.07) is 9.83. The van der Waals surface area contributed by atoms with Gasteiger partial charge in [-0.1, -0.05) is 29.4 Å². The molecule has 1 N–H and O–H groups in total. The molecule has 0 radical (unpaired) electrons. The van der Waals surface area contributed by atoms with Crippen LogP contribution in [0.3, 0.4) is 0 Å². The fourth-order valence-corrected chi connectivity index (χ4v) is 4.25. The van der Waals surface area contributed by atoms with Crippen LogP contribution in [-0.2, 0) is 28.1 Å². The third-order valence-corrected chi connectivity index (χ3v) is 6.25. The van der Waals surface area contributed by atoms with E-state index in [-0.39, 0.29) is 23.7 Å². The SMILES string of the molecule is CCOCc1c(CSc2ccc(C(CC(=O)O)C(F)(F)F)cc2)noc1-c1ccc(C(F)(F)F)cc1. The van der Waals surface area contributed by atoms with Gasteiger partial charge >= 0.3 is 18.3 Å². The molecule has 0 aliphatic heterocycles. The van der Waals surface area contributed by atoms with Crippen LogP contribution in [0.4, 0.5) is 26.3 Å². The molecule has 1 aromatic heterocycles. The highest BCUT2D eigenvalue weighted by molar-refractivity contribution is 7.98. The summed E-state index contributed by atoms with van der Waals surface area (Å²) in [5, 5.41) is 12.8. The Bertz CT molecular complexity index is 1160. The fraction of sp³-hybridized carbons (Fsp3) is 0.333. The van der Waals surface area contributed by atoms with Gasteiger partial charge in [0.05, 0.1) is 30.2 Å². The van der Waals surface area contributed by atoms with Crippen molar-refractivity contribution >= 4 is 17.7 Å². The van der Waals surface area contributed by atoms with Crippen LogP contribution in [0.1, 0.15) is 41.6 Å². The van der Waals surface area contributed by atoms with Crippen molar-refractivity contribution in [1.82, 2.24) is 5.16 Å². The predicted octanol–water partition coefficient (Wildman–Crippen LogP) is 7.31. The van der Waals surface area contributed by atoms with E-state index in [9.17, 15) is 31.1 Å². The molecular formula is C24H21F6NO4S. The summed E-state index contributed by atoms with van der Waals surface area (Å²) < 4.78 is 89.3. The molecule has 0 amide bonds. The number of nitrogens with zero attached hydrogens (tertiary/aromatic N) is 1. The number of carboxylic acid groups (broad SMARTS) is 1. The van der Waals surface area contributed by atoms with Crippen molar-refractivity contribution in [2.75, 3.05) is 6.61 Å². The van der Waals surface area contributed by atoms with Gasteiger partial charge in [0.25, 0.3) is 0 Å². The van der Waals surface area contributed by atoms with Gasteiger partial charge < -0.3 is 14.4 Å². The van der Waals surface area contributed by atoms with Crippen LogP contribution < -0.4 is 0 Å². The maximum Gasteiger partial charge on any atom is 0.416 e. The zero-order valence-electron chi connectivity index (χ0n) is 18.8. The molecule has 0 fully saturated rings. The Balaban J connectivity index is 1.78. The van der Waals surface area contributed by atoms with E-state index in [0.29, 0.717) is 28.3 Å². The summed E-state index contributed by atoms with van der Waals surface area (Å²) in [6.45, 7) is 2.26. The Morgan fingerprint density at radius 1 is 1.06 bits per heavy atom. The number of alkyl halides is 6. The molecule has 0 bridgehead atoms. The number of aromatic nitrogens is 1. The molecule has 12 heteroatoms. The van der Waals surface area contributed by atoms with E-state index in [4.69, 9.17) is 14.4 Å². The minimum absolute atomic E-state index is 0.105. The molecule has 0 aliphatic carbocycles. The summed E-state index contributed by atoms with van der Waals surface area (Å²) in [5.41, 5.74) is 0.470. The first-order chi connectivity index (χ1) is 16.9. The van der Waals surface area contributed by atoms with Crippen LogP contribution >= 0.6 is 11.8 Å². The Morgan fingerprint density at radius 3 is 2.22 bits per heavy atom. The van der Waals surface area contributed by atoms with Crippen molar-refractivity contribution in [1.29, 1.82) is 0 Å². The molecule has 0 saturated heterocycles. The molecule has 3 aromatic rings. The Morgan fingerprint density at radius 2 is 1.69 bits per heavy atom. The minimum atomic E-state index is -4.70. The first-order valence-electron chi connectivity index (χ1n) is 10.6. The third-order valence-electron chi connectivity index (χ3n) is 5.23. The number of carbonyl (C=O) groups is 1. The lowest BCUT2D eigenvalue weighted by Crippen LogP contribution is -2.23. The molecule has 1 atom stereocenters. The summed E-state index contributed by atoms with van der Waals surface area (Å²) >= 11 is 1.25. The zero-order chi connectivity index (χ0) is 26.5. The van der Waals surface area contributed by atoms with E-state index in [0.717, 1.165) is 12.1 Å². The lowest BCUT2D eigenvalue weighted by atomic mass is 9.95. The second kappa shape index (κ2) is 11.4. The molecule has 2 aromatic carbocycles. The van der Waals surface area contributed by atoms with Gasteiger partial charge in [-0.2, -0.15) is 26.3 Å². The molecular weight excluding hydrogens is 512 g/mol. The van der Waals surface area contributed by atoms with Crippen LogP contribution in [0.15, 0.2) is 57.9 Å². The Kier molecular flexibility index (Phi) is 8.72. The lowest BCUT2D eigenvalue weighted by molar-refractivity contribution is -0.163. The molecule has 5 nitrogen and oxygen atoms in total. The van der Waals surface area contributed by atoms with Gasteiger partial charge in [-0.15, -0.1) is 11.8 Å². The van der Waals surface area contributed by atoms with Crippen molar-refractivity contribution < 1.29 is 45.5 Å². The number of rotatable bonds is 10. The Labute approximate surface area is 206 Å². The maximum atomic E-state index is 13.3. The van der Waals surface area contributed by atoms with Crippen molar-refractivity contribution in [3.05, 3.63) is 70.9 Å². The largest absolute Gasteiger partial charge is 0.481 e. The van der Waals surface area contributed by atoms with Crippen LogP contribution in [0.25, 0.3) is 11.3 Å². The summed E-state index contributed by atoms with van der Waals surface area (Å²) in [6.07, 6.45) is -10.2. The summed E-state index contributed by atoms with van der Waals surface area (Å²) in [7, 11) is 0. The smallest absolute Gasteiger partial charge is 0.416 e. The highest BCUT2D eigenvalue weighted by Crippen LogP contribution is 2.39. The van der Waals surface area contributed by atoms with Gasteiger partial charge in [0.2, 0.25) is 0 Å². The quantitative estimate of drug-likeness (QED) is 0.218. The van der Waals surface area contributed by atoms with Crippen LogP contribution in [-0.4, -0.2) is 29.0 Å². The monoisotopic (exact) mass is 533 g/mol. The van der Waals surface area contributed by atoms with Crippen molar-refractivity contribution in [2.45, 2.75) is 48.9 Å². The normalized spacial score (nSPS) is 13.1. The molecule has 0 aliphatic rings. The summed E-state index contributed by atoms with van der Waals surface area (Å²) in [4.78, 5) is 11.5. The standard InChI is InChI=1S/C24H21F6NO4S/c1-2-34-12-18-20(31-35-22(18)15-3-7-16(8-4-15)23(25,26)27)13-36-17-9-5-14(6-10-17)19(11-21(32)33)24(28,29)30/h3-10,19H,2,11-13H2,1H3,(H,32,33). The third kappa shape index (κ3) is 7.03. The van der Waals surface area contributed by atoms with E-state index >= 15 is 0 Å². The minimum Gasteiger partial charge on any atom is -0.481 e. The number of halogens is 6. The average Bonchev–Trinajstić information content (AvgIpc) is 3.21. The summed E-state index contributed by atoms with van der Waals surface area (Å²) in [5.74, 6) is -3.14. The van der Waals surface area contributed by atoms with Gasteiger partial charge in [-0.3, -0.25) is 4.79 Å². The predicted molar refractivity (Wildman–Crippen MR) is 119 cm³/mol. The Hall–Kier alpha value is -2.99. The highest BCUT2D eigenvalue weighted by atomic mass is 32.2. The number of carboxylic acids is 1.